The molecule has 3 heteroatoms. The van der Waals surface area contributed by atoms with Gasteiger partial charge in [-0.15, -0.1) is 11.8 Å². The molecule has 0 fully saturated rings. The highest BCUT2D eigenvalue weighted by atomic mass is 32.2. The second-order valence-electron chi connectivity index (χ2n) is 3.62. The van der Waals surface area contributed by atoms with Crippen molar-refractivity contribution in [3.05, 3.63) is 24.3 Å². The number of ether oxygens (including phenoxy) is 1. The van der Waals surface area contributed by atoms with Gasteiger partial charge in [0.1, 0.15) is 5.75 Å². The molecule has 0 aliphatic heterocycles. The van der Waals surface area contributed by atoms with Gasteiger partial charge < -0.3 is 10.1 Å². The number of hydrogen-bond donors (Lipinski definition) is 1. The number of benzene rings is 1. The first-order valence-corrected chi connectivity index (χ1v) is 6.79. The number of hydrogen-bond acceptors (Lipinski definition) is 3. The molecule has 0 amide bonds. The first kappa shape index (κ1) is 13.4. The molecule has 0 aromatic heterocycles. The molecular weight excluding hydrogens is 218 g/mol. The number of thioether (sulfide) groups is 1. The summed E-state index contributed by atoms with van der Waals surface area (Å²) in [7, 11) is 1.72. The highest BCUT2D eigenvalue weighted by molar-refractivity contribution is 7.99. The SMILES string of the molecule is CCNC(CC)CSc1ccccc1OC. The summed E-state index contributed by atoms with van der Waals surface area (Å²) in [6.07, 6.45) is 1.16. The van der Waals surface area contributed by atoms with E-state index in [9.17, 15) is 0 Å². The Bertz CT molecular complexity index is 304. The number of para-hydroxylation sites is 1. The van der Waals surface area contributed by atoms with E-state index in [4.69, 9.17) is 4.74 Å². The van der Waals surface area contributed by atoms with E-state index in [1.54, 1.807) is 7.11 Å². The largest absolute Gasteiger partial charge is 0.496 e. The molecular formula is C13H21NOS. The van der Waals surface area contributed by atoms with Crippen LogP contribution in [0.4, 0.5) is 0 Å². The summed E-state index contributed by atoms with van der Waals surface area (Å²) in [6, 6.07) is 8.77. The van der Waals surface area contributed by atoms with Gasteiger partial charge in [-0.1, -0.05) is 26.0 Å². The summed E-state index contributed by atoms with van der Waals surface area (Å²) < 4.78 is 5.33. The fourth-order valence-electron chi connectivity index (χ4n) is 1.54. The molecule has 0 radical (unpaired) electrons. The zero-order valence-electron chi connectivity index (χ0n) is 10.3. The van der Waals surface area contributed by atoms with E-state index in [0.29, 0.717) is 6.04 Å². The van der Waals surface area contributed by atoms with Crippen molar-refractivity contribution >= 4 is 11.8 Å². The molecule has 2 nitrogen and oxygen atoms in total. The molecule has 16 heavy (non-hydrogen) atoms. The quantitative estimate of drug-likeness (QED) is 0.738. The Hall–Kier alpha value is -0.670. The van der Waals surface area contributed by atoms with Crippen LogP contribution in [0, 0.1) is 0 Å². The first-order chi connectivity index (χ1) is 7.81. The minimum Gasteiger partial charge on any atom is -0.496 e. The maximum atomic E-state index is 5.33. The third kappa shape index (κ3) is 4.06. The average Bonchev–Trinajstić information content (AvgIpc) is 2.34. The van der Waals surface area contributed by atoms with Crippen molar-refractivity contribution < 1.29 is 4.74 Å². The van der Waals surface area contributed by atoms with Gasteiger partial charge >= 0.3 is 0 Å². The average molecular weight is 239 g/mol. The first-order valence-electron chi connectivity index (χ1n) is 5.81. The molecule has 0 bridgehead atoms. The van der Waals surface area contributed by atoms with Crippen LogP contribution in [-0.4, -0.2) is 25.4 Å². The molecule has 90 valence electrons. The fraction of sp³-hybridized carbons (Fsp3) is 0.538. The van der Waals surface area contributed by atoms with Crippen molar-refractivity contribution in [3.8, 4) is 5.75 Å². The van der Waals surface area contributed by atoms with Gasteiger partial charge in [0.05, 0.1) is 7.11 Å². The molecule has 0 saturated heterocycles. The third-order valence-electron chi connectivity index (χ3n) is 2.49. The van der Waals surface area contributed by atoms with Crippen molar-refractivity contribution in [3.63, 3.8) is 0 Å². The third-order valence-corrected chi connectivity index (χ3v) is 3.71. The molecule has 1 aromatic rings. The van der Waals surface area contributed by atoms with Gasteiger partial charge in [0.2, 0.25) is 0 Å². The second-order valence-corrected chi connectivity index (χ2v) is 4.69. The Labute approximate surface area is 103 Å². The summed E-state index contributed by atoms with van der Waals surface area (Å²) in [4.78, 5) is 1.22. The Morgan fingerprint density at radius 2 is 2.06 bits per heavy atom. The van der Waals surface area contributed by atoms with Gasteiger partial charge in [0.15, 0.2) is 0 Å². The predicted octanol–water partition coefficient (Wildman–Crippen LogP) is 3.18. The van der Waals surface area contributed by atoms with Gasteiger partial charge in [0.25, 0.3) is 0 Å². The number of nitrogens with one attached hydrogen (secondary N) is 1. The summed E-state index contributed by atoms with van der Waals surface area (Å²) in [5, 5.41) is 3.48. The van der Waals surface area contributed by atoms with Crippen molar-refractivity contribution in [2.24, 2.45) is 0 Å². The molecule has 1 atom stereocenters. The lowest BCUT2D eigenvalue weighted by molar-refractivity contribution is 0.404. The van der Waals surface area contributed by atoms with Gasteiger partial charge in [-0.2, -0.15) is 0 Å². The maximum absolute atomic E-state index is 5.33. The molecule has 1 unspecified atom stereocenters. The Morgan fingerprint density at radius 3 is 2.69 bits per heavy atom. The van der Waals surface area contributed by atoms with Crippen LogP contribution in [0.15, 0.2) is 29.2 Å². The molecule has 0 spiro atoms. The lowest BCUT2D eigenvalue weighted by Gasteiger charge is -2.16. The van der Waals surface area contributed by atoms with Crippen LogP contribution < -0.4 is 10.1 Å². The Kier molecular flexibility index (Phi) is 6.34. The van der Waals surface area contributed by atoms with Crippen LogP contribution in [0.3, 0.4) is 0 Å². The molecule has 0 saturated carbocycles. The summed E-state index contributed by atoms with van der Waals surface area (Å²) in [5.41, 5.74) is 0. The van der Waals surface area contributed by atoms with Crippen LogP contribution in [-0.2, 0) is 0 Å². The zero-order chi connectivity index (χ0) is 11.8. The van der Waals surface area contributed by atoms with E-state index in [2.05, 4.69) is 31.3 Å². The summed E-state index contributed by atoms with van der Waals surface area (Å²) in [5.74, 6) is 2.06. The van der Waals surface area contributed by atoms with Crippen molar-refractivity contribution in [1.29, 1.82) is 0 Å². The minimum atomic E-state index is 0.583. The lowest BCUT2D eigenvalue weighted by atomic mass is 10.2. The number of methoxy groups -OCH3 is 1. The van der Waals surface area contributed by atoms with Gasteiger partial charge in [-0.25, -0.2) is 0 Å². The maximum Gasteiger partial charge on any atom is 0.132 e. The molecule has 0 heterocycles. The number of rotatable bonds is 7. The Morgan fingerprint density at radius 1 is 1.31 bits per heavy atom. The Balaban J connectivity index is 2.52. The molecule has 1 N–H and O–H groups in total. The highest BCUT2D eigenvalue weighted by Gasteiger charge is 2.07. The zero-order valence-corrected chi connectivity index (χ0v) is 11.1. The molecule has 0 aliphatic rings. The van der Waals surface area contributed by atoms with Gasteiger partial charge in [0, 0.05) is 16.7 Å². The normalized spacial score (nSPS) is 12.4. The fourth-order valence-corrected chi connectivity index (χ4v) is 2.74. The van der Waals surface area contributed by atoms with Crippen molar-refractivity contribution in [2.75, 3.05) is 19.4 Å². The van der Waals surface area contributed by atoms with Crippen LogP contribution in [0.2, 0.25) is 0 Å². The highest BCUT2D eigenvalue weighted by Crippen LogP contribution is 2.29. The lowest BCUT2D eigenvalue weighted by Crippen LogP contribution is -2.30. The van der Waals surface area contributed by atoms with E-state index < -0.39 is 0 Å². The van der Waals surface area contributed by atoms with Crippen LogP contribution >= 0.6 is 11.8 Å². The summed E-state index contributed by atoms with van der Waals surface area (Å²) in [6.45, 7) is 5.40. The summed E-state index contributed by atoms with van der Waals surface area (Å²) >= 11 is 1.86. The van der Waals surface area contributed by atoms with Crippen LogP contribution in [0.1, 0.15) is 20.3 Å². The van der Waals surface area contributed by atoms with Crippen molar-refractivity contribution in [1.82, 2.24) is 5.32 Å². The smallest absolute Gasteiger partial charge is 0.132 e. The van der Waals surface area contributed by atoms with E-state index >= 15 is 0 Å². The molecule has 0 aliphatic carbocycles. The van der Waals surface area contributed by atoms with Crippen molar-refractivity contribution in [2.45, 2.75) is 31.2 Å². The van der Waals surface area contributed by atoms with Gasteiger partial charge in [-0.3, -0.25) is 0 Å². The van der Waals surface area contributed by atoms with Crippen LogP contribution in [0.5, 0.6) is 5.75 Å². The standard InChI is InChI=1S/C13H21NOS/c1-4-11(14-5-2)10-16-13-9-7-6-8-12(13)15-3/h6-9,11,14H,4-5,10H2,1-3H3. The molecule has 1 aromatic carbocycles. The van der Waals surface area contributed by atoms with E-state index in [0.717, 1.165) is 24.5 Å². The predicted molar refractivity (Wildman–Crippen MR) is 71.5 cm³/mol. The van der Waals surface area contributed by atoms with Crippen LogP contribution in [0.25, 0.3) is 0 Å². The second kappa shape index (κ2) is 7.58. The minimum absolute atomic E-state index is 0.583. The topological polar surface area (TPSA) is 21.3 Å². The molecule has 1 rings (SSSR count). The monoisotopic (exact) mass is 239 g/mol. The van der Waals surface area contributed by atoms with E-state index in [-0.39, 0.29) is 0 Å². The van der Waals surface area contributed by atoms with E-state index in [1.165, 1.54) is 4.90 Å². The van der Waals surface area contributed by atoms with Gasteiger partial charge in [-0.05, 0) is 25.1 Å². The van der Waals surface area contributed by atoms with E-state index in [1.807, 2.05) is 23.9 Å².